The third-order valence-corrected chi connectivity index (χ3v) is 4.09. The SMILES string of the molecule is CC(C(=O)O)S(=O)(=O)Nc1ccccc1N(C)C. The van der Waals surface area contributed by atoms with Crippen LogP contribution in [0.4, 0.5) is 11.4 Å². The number of nitrogens with one attached hydrogen (secondary N) is 1. The number of carboxylic acid groups (broad SMARTS) is 1. The lowest BCUT2D eigenvalue weighted by Crippen LogP contribution is -2.32. The standard InChI is InChI=1S/C11H16N2O4S/c1-8(11(14)15)18(16,17)12-9-6-4-5-7-10(9)13(2)3/h4-8,12H,1-3H3,(H,14,15). The largest absolute Gasteiger partial charge is 0.480 e. The molecule has 2 N–H and O–H groups in total. The molecule has 0 aliphatic heterocycles. The number of sulfonamides is 1. The number of hydrogen-bond donors (Lipinski definition) is 2. The van der Waals surface area contributed by atoms with E-state index in [0.717, 1.165) is 6.92 Å². The van der Waals surface area contributed by atoms with E-state index in [1.54, 1.807) is 43.3 Å². The molecule has 0 amide bonds. The molecule has 1 aromatic carbocycles. The van der Waals surface area contributed by atoms with Crippen molar-refractivity contribution in [3.8, 4) is 0 Å². The molecule has 1 unspecified atom stereocenters. The zero-order chi connectivity index (χ0) is 13.9. The van der Waals surface area contributed by atoms with Crippen molar-refractivity contribution in [1.29, 1.82) is 0 Å². The van der Waals surface area contributed by atoms with Crippen molar-refractivity contribution < 1.29 is 18.3 Å². The van der Waals surface area contributed by atoms with Gasteiger partial charge in [-0.25, -0.2) is 8.42 Å². The van der Waals surface area contributed by atoms with Gasteiger partial charge in [0.2, 0.25) is 10.0 Å². The normalized spacial score (nSPS) is 12.8. The van der Waals surface area contributed by atoms with Gasteiger partial charge in [-0.05, 0) is 19.1 Å². The molecule has 1 rings (SSSR count). The van der Waals surface area contributed by atoms with Gasteiger partial charge in [0.25, 0.3) is 0 Å². The molecule has 0 radical (unpaired) electrons. The highest BCUT2D eigenvalue weighted by Crippen LogP contribution is 2.25. The first-order valence-electron chi connectivity index (χ1n) is 5.26. The third kappa shape index (κ3) is 3.13. The summed E-state index contributed by atoms with van der Waals surface area (Å²) >= 11 is 0. The lowest BCUT2D eigenvalue weighted by molar-refractivity contribution is -0.136. The van der Waals surface area contributed by atoms with Gasteiger partial charge < -0.3 is 10.0 Å². The second kappa shape index (κ2) is 5.26. The lowest BCUT2D eigenvalue weighted by atomic mass is 10.2. The van der Waals surface area contributed by atoms with Gasteiger partial charge in [0, 0.05) is 14.1 Å². The first kappa shape index (κ1) is 14.3. The number of anilines is 2. The lowest BCUT2D eigenvalue weighted by Gasteiger charge is -2.19. The number of nitrogens with zero attached hydrogens (tertiary/aromatic N) is 1. The Hall–Kier alpha value is -1.76. The summed E-state index contributed by atoms with van der Waals surface area (Å²) in [6.07, 6.45) is 0. The van der Waals surface area contributed by atoms with Crippen molar-refractivity contribution in [2.75, 3.05) is 23.7 Å². The van der Waals surface area contributed by atoms with Crippen LogP contribution in [0.1, 0.15) is 6.92 Å². The Kier molecular flexibility index (Phi) is 4.18. The Balaban J connectivity index is 3.09. The van der Waals surface area contributed by atoms with E-state index in [1.165, 1.54) is 0 Å². The first-order chi connectivity index (χ1) is 8.25. The van der Waals surface area contributed by atoms with E-state index >= 15 is 0 Å². The van der Waals surface area contributed by atoms with E-state index in [9.17, 15) is 13.2 Å². The summed E-state index contributed by atoms with van der Waals surface area (Å²) in [6, 6.07) is 6.77. The van der Waals surface area contributed by atoms with Crippen LogP contribution in [0.5, 0.6) is 0 Å². The minimum atomic E-state index is -3.94. The number of aliphatic carboxylic acids is 1. The molecule has 1 aromatic rings. The minimum Gasteiger partial charge on any atom is -0.480 e. The molecule has 0 fully saturated rings. The summed E-state index contributed by atoms with van der Waals surface area (Å²) in [5.41, 5.74) is 1.02. The summed E-state index contributed by atoms with van der Waals surface area (Å²) < 4.78 is 25.9. The highest BCUT2D eigenvalue weighted by atomic mass is 32.2. The molecule has 1 atom stereocenters. The van der Waals surface area contributed by atoms with E-state index in [4.69, 9.17) is 5.11 Å². The van der Waals surface area contributed by atoms with Crippen molar-refractivity contribution in [2.24, 2.45) is 0 Å². The summed E-state index contributed by atoms with van der Waals surface area (Å²) in [5.74, 6) is -1.38. The molecule has 0 saturated heterocycles. The van der Waals surface area contributed by atoms with Crippen LogP contribution in [0.25, 0.3) is 0 Å². The van der Waals surface area contributed by atoms with Crippen LogP contribution < -0.4 is 9.62 Å². The average Bonchev–Trinajstić information content (AvgIpc) is 2.27. The number of carbonyl (C=O) groups is 1. The molecule has 7 heteroatoms. The summed E-state index contributed by atoms with van der Waals surface area (Å²) in [4.78, 5) is 12.5. The predicted molar refractivity (Wildman–Crippen MR) is 70.4 cm³/mol. The predicted octanol–water partition coefficient (Wildman–Crippen LogP) is 0.967. The van der Waals surface area contributed by atoms with Gasteiger partial charge in [0.1, 0.15) is 0 Å². The van der Waals surface area contributed by atoms with E-state index in [0.29, 0.717) is 11.4 Å². The van der Waals surface area contributed by atoms with Crippen molar-refractivity contribution in [3.63, 3.8) is 0 Å². The Morgan fingerprint density at radius 1 is 1.33 bits per heavy atom. The van der Waals surface area contributed by atoms with Crippen LogP contribution in [0, 0.1) is 0 Å². The minimum absolute atomic E-state index is 0.357. The fourth-order valence-corrected chi connectivity index (χ4v) is 2.25. The van der Waals surface area contributed by atoms with Gasteiger partial charge in [-0.15, -0.1) is 0 Å². The second-order valence-electron chi connectivity index (χ2n) is 4.04. The van der Waals surface area contributed by atoms with Crippen molar-refractivity contribution >= 4 is 27.4 Å². The number of benzene rings is 1. The number of para-hydroxylation sites is 2. The van der Waals surface area contributed by atoms with Crippen molar-refractivity contribution in [3.05, 3.63) is 24.3 Å². The number of carboxylic acids is 1. The molecule has 0 saturated carbocycles. The van der Waals surface area contributed by atoms with Gasteiger partial charge in [-0.3, -0.25) is 9.52 Å². The maximum atomic E-state index is 11.8. The van der Waals surface area contributed by atoms with E-state index in [1.807, 2.05) is 0 Å². The molecule has 0 spiro atoms. The molecule has 6 nitrogen and oxygen atoms in total. The Morgan fingerprint density at radius 3 is 2.39 bits per heavy atom. The topological polar surface area (TPSA) is 86.7 Å². The smallest absolute Gasteiger partial charge is 0.323 e. The first-order valence-corrected chi connectivity index (χ1v) is 6.81. The van der Waals surface area contributed by atoms with E-state index in [2.05, 4.69) is 4.72 Å². The van der Waals surface area contributed by atoms with Gasteiger partial charge in [0.05, 0.1) is 11.4 Å². The average molecular weight is 272 g/mol. The maximum Gasteiger partial charge on any atom is 0.323 e. The van der Waals surface area contributed by atoms with Gasteiger partial charge >= 0.3 is 5.97 Å². The molecule has 0 aromatic heterocycles. The van der Waals surface area contributed by atoms with Crippen LogP contribution in [0.2, 0.25) is 0 Å². The Morgan fingerprint density at radius 2 is 1.89 bits per heavy atom. The molecule has 100 valence electrons. The van der Waals surface area contributed by atoms with Crippen LogP contribution in [-0.4, -0.2) is 38.8 Å². The molecule has 0 aliphatic carbocycles. The zero-order valence-corrected chi connectivity index (χ0v) is 11.2. The summed E-state index contributed by atoms with van der Waals surface area (Å²) in [6.45, 7) is 1.13. The highest BCUT2D eigenvalue weighted by Gasteiger charge is 2.28. The third-order valence-electron chi connectivity index (χ3n) is 2.45. The monoisotopic (exact) mass is 272 g/mol. The van der Waals surface area contributed by atoms with E-state index < -0.39 is 21.2 Å². The second-order valence-corrected chi connectivity index (χ2v) is 6.04. The molecule has 18 heavy (non-hydrogen) atoms. The van der Waals surface area contributed by atoms with Gasteiger partial charge in [0.15, 0.2) is 5.25 Å². The zero-order valence-electron chi connectivity index (χ0n) is 10.4. The van der Waals surface area contributed by atoms with Crippen LogP contribution >= 0.6 is 0 Å². The quantitative estimate of drug-likeness (QED) is 0.834. The fourth-order valence-electron chi connectivity index (χ4n) is 1.32. The maximum absolute atomic E-state index is 11.8. The molecular weight excluding hydrogens is 256 g/mol. The van der Waals surface area contributed by atoms with E-state index in [-0.39, 0.29) is 0 Å². The molecule has 0 aliphatic rings. The molecule has 0 bridgehead atoms. The fraction of sp³-hybridized carbons (Fsp3) is 0.364. The molecule has 0 heterocycles. The molecular formula is C11H16N2O4S. The highest BCUT2D eigenvalue weighted by molar-refractivity contribution is 7.94. The Labute approximate surface area is 106 Å². The van der Waals surface area contributed by atoms with Crippen LogP contribution in [-0.2, 0) is 14.8 Å². The van der Waals surface area contributed by atoms with Crippen LogP contribution in [0.15, 0.2) is 24.3 Å². The summed E-state index contributed by atoms with van der Waals surface area (Å²) in [5, 5.41) is 7.24. The number of rotatable bonds is 5. The number of hydrogen-bond acceptors (Lipinski definition) is 4. The van der Waals surface area contributed by atoms with Crippen LogP contribution in [0.3, 0.4) is 0 Å². The Bertz CT molecular complexity index is 540. The van der Waals surface area contributed by atoms with Gasteiger partial charge in [-0.1, -0.05) is 12.1 Å². The van der Waals surface area contributed by atoms with Gasteiger partial charge in [-0.2, -0.15) is 0 Å². The summed E-state index contributed by atoms with van der Waals surface area (Å²) in [7, 11) is -0.402. The van der Waals surface area contributed by atoms with Crippen molar-refractivity contribution in [2.45, 2.75) is 12.2 Å². The van der Waals surface area contributed by atoms with Crippen molar-refractivity contribution in [1.82, 2.24) is 0 Å².